The van der Waals surface area contributed by atoms with Gasteiger partial charge < -0.3 is 19.4 Å². The molecule has 0 aliphatic heterocycles. The fourth-order valence-corrected chi connectivity index (χ4v) is 2.92. The van der Waals surface area contributed by atoms with Gasteiger partial charge in [-0.1, -0.05) is 41.5 Å². The summed E-state index contributed by atoms with van der Waals surface area (Å²) in [6.07, 6.45) is 0.691. The fourth-order valence-electron chi connectivity index (χ4n) is 2.92. The maximum atomic E-state index is 12.2. The Morgan fingerprint density at radius 3 is 2.70 bits per heavy atom. The van der Waals surface area contributed by atoms with Crippen LogP contribution in [0.2, 0.25) is 0 Å². The minimum absolute atomic E-state index is 0.190. The van der Waals surface area contributed by atoms with Gasteiger partial charge >= 0.3 is 0 Å². The zero-order valence-corrected chi connectivity index (χ0v) is 17.4. The number of aryl methyl sites for hydroxylation is 2. The second-order valence-corrected chi connectivity index (χ2v) is 6.49. The van der Waals surface area contributed by atoms with Crippen LogP contribution in [0.4, 0.5) is 0 Å². The predicted molar refractivity (Wildman–Crippen MR) is 112 cm³/mol. The van der Waals surface area contributed by atoms with Gasteiger partial charge in [-0.05, 0) is 36.2 Å². The van der Waals surface area contributed by atoms with Crippen LogP contribution in [0.25, 0.3) is 11.4 Å². The van der Waals surface area contributed by atoms with Crippen molar-refractivity contribution in [3.8, 4) is 17.1 Å². The molecule has 8 nitrogen and oxygen atoms in total. The Bertz CT molecular complexity index is 1060. The van der Waals surface area contributed by atoms with Crippen molar-refractivity contribution in [2.24, 2.45) is 5.16 Å². The van der Waals surface area contributed by atoms with Gasteiger partial charge in [-0.25, -0.2) is 0 Å². The molecule has 0 atom stereocenters. The van der Waals surface area contributed by atoms with Gasteiger partial charge in [0.1, 0.15) is 19.5 Å². The maximum absolute atomic E-state index is 12.2. The summed E-state index contributed by atoms with van der Waals surface area (Å²) in [4.78, 5) is 21.4. The van der Waals surface area contributed by atoms with Gasteiger partial charge in [-0.3, -0.25) is 4.79 Å². The molecule has 0 aliphatic carbocycles. The Hall–Kier alpha value is -3.68. The van der Waals surface area contributed by atoms with Gasteiger partial charge in [-0.2, -0.15) is 4.98 Å². The molecule has 0 aliphatic rings. The molecule has 0 saturated heterocycles. The number of likely N-dealkylation sites (N-methyl/N-ethyl adjacent to an activating group) is 1. The summed E-state index contributed by atoms with van der Waals surface area (Å²) in [7, 11) is 2.95. The normalized spacial score (nSPS) is 11.3. The Morgan fingerprint density at radius 1 is 1.23 bits per heavy atom. The van der Waals surface area contributed by atoms with E-state index >= 15 is 0 Å². The molecule has 1 amide bonds. The SMILES string of the molecule is CCc1nc(-c2ccc(OCc3ccccc3/C(=N\OC)C(=O)NC)c(C)c2)no1. The second kappa shape index (κ2) is 9.69. The van der Waals surface area contributed by atoms with Crippen LogP contribution in [0.5, 0.6) is 5.75 Å². The number of nitrogens with one attached hydrogen (secondary N) is 1. The third-order valence-electron chi connectivity index (χ3n) is 4.48. The van der Waals surface area contributed by atoms with E-state index in [1.165, 1.54) is 7.11 Å². The van der Waals surface area contributed by atoms with Crippen LogP contribution < -0.4 is 10.1 Å². The molecule has 1 heterocycles. The summed E-state index contributed by atoms with van der Waals surface area (Å²) in [6, 6.07) is 13.1. The van der Waals surface area contributed by atoms with E-state index in [0.717, 1.165) is 22.4 Å². The highest BCUT2D eigenvalue weighted by molar-refractivity contribution is 6.45. The molecule has 0 bridgehead atoms. The van der Waals surface area contributed by atoms with Gasteiger partial charge in [0.15, 0.2) is 5.71 Å². The minimum atomic E-state index is -0.337. The van der Waals surface area contributed by atoms with Crippen molar-refractivity contribution in [3.63, 3.8) is 0 Å². The first-order chi connectivity index (χ1) is 14.6. The van der Waals surface area contributed by atoms with Crippen molar-refractivity contribution in [1.82, 2.24) is 15.5 Å². The molecular formula is C22H24N4O4. The average molecular weight is 408 g/mol. The van der Waals surface area contributed by atoms with Crippen LogP contribution in [0.15, 0.2) is 52.1 Å². The predicted octanol–water partition coefficient (Wildman–Crippen LogP) is 3.28. The number of benzene rings is 2. The second-order valence-electron chi connectivity index (χ2n) is 6.49. The number of oxime groups is 1. The van der Waals surface area contributed by atoms with Crippen LogP contribution in [-0.2, 0) is 22.7 Å². The molecule has 156 valence electrons. The summed E-state index contributed by atoms with van der Waals surface area (Å²) >= 11 is 0. The van der Waals surface area contributed by atoms with E-state index < -0.39 is 0 Å². The summed E-state index contributed by atoms with van der Waals surface area (Å²) in [6.45, 7) is 4.18. The van der Waals surface area contributed by atoms with E-state index in [-0.39, 0.29) is 18.2 Å². The third-order valence-corrected chi connectivity index (χ3v) is 4.48. The van der Waals surface area contributed by atoms with Crippen LogP contribution in [0.1, 0.15) is 29.5 Å². The van der Waals surface area contributed by atoms with Gasteiger partial charge in [0.05, 0.1) is 0 Å². The van der Waals surface area contributed by atoms with Crippen molar-refractivity contribution in [1.29, 1.82) is 0 Å². The smallest absolute Gasteiger partial charge is 0.273 e. The van der Waals surface area contributed by atoms with Crippen molar-refractivity contribution in [2.75, 3.05) is 14.2 Å². The first-order valence-corrected chi connectivity index (χ1v) is 9.55. The highest BCUT2D eigenvalue weighted by Gasteiger charge is 2.18. The Kier molecular flexibility index (Phi) is 6.79. The molecule has 3 aromatic rings. The van der Waals surface area contributed by atoms with Gasteiger partial charge in [-0.15, -0.1) is 0 Å². The van der Waals surface area contributed by atoms with E-state index in [4.69, 9.17) is 14.1 Å². The fraction of sp³-hybridized carbons (Fsp3) is 0.273. The molecule has 2 aromatic carbocycles. The highest BCUT2D eigenvalue weighted by atomic mass is 16.6. The number of nitrogens with zero attached hydrogens (tertiary/aromatic N) is 3. The van der Waals surface area contributed by atoms with Crippen LogP contribution >= 0.6 is 0 Å². The molecule has 0 unspecified atom stereocenters. The lowest BCUT2D eigenvalue weighted by molar-refractivity contribution is -0.114. The number of carbonyl (C=O) groups excluding carboxylic acids is 1. The molecule has 1 aromatic heterocycles. The number of rotatable bonds is 8. The molecule has 0 spiro atoms. The lowest BCUT2D eigenvalue weighted by Gasteiger charge is -2.13. The Morgan fingerprint density at radius 2 is 2.03 bits per heavy atom. The lowest BCUT2D eigenvalue weighted by Crippen LogP contribution is -2.29. The van der Waals surface area contributed by atoms with Crippen molar-refractivity contribution >= 4 is 11.6 Å². The molecule has 0 radical (unpaired) electrons. The molecule has 30 heavy (non-hydrogen) atoms. The average Bonchev–Trinajstić information content (AvgIpc) is 3.26. The number of amides is 1. The zero-order valence-electron chi connectivity index (χ0n) is 17.4. The molecule has 0 fully saturated rings. The molecule has 8 heteroatoms. The maximum Gasteiger partial charge on any atom is 0.273 e. The summed E-state index contributed by atoms with van der Waals surface area (Å²) in [5, 5.41) is 10.5. The summed E-state index contributed by atoms with van der Waals surface area (Å²) in [5.74, 6) is 1.54. The molecular weight excluding hydrogens is 384 g/mol. The van der Waals surface area contributed by atoms with E-state index in [1.807, 2.05) is 56.3 Å². The van der Waals surface area contributed by atoms with E-state index in [0.29, 0.717) is 23.7 Å². The first kappa shape index (κ1) is 21.0. The molecule has 0 saturated carbocycles. The highest BCUT2D eigenvalue weighted by Crippen LogP contribution is 2.26. The largest absolute Gasteiger partial charge is 0.489 e. The van der Waals surface area contributed by atoms with E-state index in [2.05, 4.69) is 20.6 Å². The summed E-state index contributed by atoms with van der Waals surface area (Å²) < 4.78 is 11.2. The van der Waals surface area contributed by atoms with Crippen LogP contribution in [-0.4, -0.2) is 35.9 Å². The Labute approximate surface area is 174 Å². The topological polar surface area (TPSA) is 98.8 Å². The zero-order chi connectivity index (χ0) is 21.5. The first-order valence-electron chi connectivity index (χ1n) is 9.55. The number of aromatic nitrogens is 2. The van der Waals surface area contributed by atoms with E-state index in [1.54, 1.807) is 7.05 Å². The summed E-state index contributed by atoms with van der Waals surface area (Å²) in [5.41, 5.74) is 3.44. The molecule has 3 rings (SSSR count). The monoisotopic (exact) mass is 408 g/mol. The Balaban J connectivity index is 1.81. The van der Waals surface area contributed by atoms with Gasteiger partial charge in [0.2, 0.25) is 11.7 Å². The van der Waals surface area contributed by atoms with Crippen molar-refractivity contribution < 1.29 is 18.9 Å². The van der Waals surface area contributed by atoms with Crippen LogP contribution in [0.3, 0.4) is 0 Å². The van der Waals surface area contributed by atoms with Crippen molar-refractivity contribution in [3.05, 3.63) is 65.0 Å². The van der Waals surface area contributed by atoms with Gasteiger partial charge in [0, 0.05) is 24.6 Å². The van der Waals surface area contributed by atoms with Crippen LogP contribution in [0, 0.1) is 6.92 Å². The number of hydrogen-bond acceptors (Lipinski definition) is 7. The number of carbonyl (C=O) groups is 1. The lowest BCUT2D eigenvalue weighted by atomic mass is 10.0. The third kappa shape index (κ3) is 4.65. The minimum Gasteiger partial charge on any atom is -0.489 e. The number of ether oxygens (including phenoxy) is 1. The van der Waals surface area contributed by atoms with Crippen molar-refractivity contribution in [2.45, 2.75) is 26.9 Å². The van der Waals surface area contributed by atoms with Gasteiger partial charge in [0.25, 0.3) is 5.91 Å². The standard InChI is InChI=1S/C22H24N4O4/c1-5-19-24-21(26-30-19)15-10-11-18(14(2)12-15)29-13-16-8-6-7-9-17(16)20(25-28-4)22(27)23-3/h6-12H,5,13H2,1-4H3,(H,23,27)/b25-20+. The van der Waals surface area contributed by atoms with E-state index in [9.17, 15) is 4.79 Å². The quantitative estimate of drug-likeness (QED) is 0.454. The molecule has 1 N–H and O–H groups in total. The number of hydrogen-bond donors (Lipinski definition) is 1.